The number of rotatable bonds is 10. The van der Waals surface area contributed by atoms with Crippen LogP contribution >= 0.6 is 23.1 Å². The summed E-state index contributed by atoms with van der Waals surface area (Å²) in [7, 11) is 0.746. The molecule has 0 amide bonds. The van der Waals surface area contributed by atoms with Gasteiger partial charge in [-0.25, -0.2) is 14.5 Å². The van der Waals surface area contributed by atoms with Gasteiger partial charge in [-0.1, -0.05) is 0 Å². The Bertz CT molecular complexity index is 1700. The summed E-state index contributed by atoms with van der Waals surface area (Å²) < 4.78 is 26.7. The third-order valence-corrected chi connectivity index (χ3v) is 10.5. The Morgan fingerprint density at radius 2 is 1.86 bits per heavy atom. The van der Waals surface area contributed by atoms with Crippen LogP contribution in [0.25, 0.3) is 5.65 Å². The van der Waals surface area contributed by atoms with Crippen LogP contribution in [-0.4, -0.2) is 95.8 Å². The van der Waals surface area contributed by atoms with Crippen molar-refractivity contribution in [2.45, 2.75) is 25.8 Å². The van der Waals surface area contributed by atoms with Crippen LogP contribution in [0.15, 0.2) is 41.4 Å². The molecule has 2 N–H and O–H groups in total. The number of hydrogen-bond acceptors (Lipinski definition) is 11. The Morgan fingerprint density at radius 3 is 2.57 bits per heavy atom. The van der Waals surface area contributed by atoms with Gasteiger partial charge in [-0.15, -0.1) is 0 Å². The number of aromatic nitrogens is 5. The van der Waals surface area contributed by atoms with Crippen molar-refractivity contribution in [2.75, 3.05) is 75.9 Å². The molecular weight excluding hydrogens is 645 g/mol. The second kappa shape index (κ2) is 12.6. The van der Waals surface area contributed by atoms with Gasteiger partial charge in [-0.2, -0.15) is 10.1 Å². The molecule has 6 rings (SSSR count). The predicted molar refractivity (Wildman–Crippen MR) is 178 cm³/mol. The van der Waals surface area contributed by atoms with Gasteiger partial charge in [0.05, 0.1) is 34.9 Å². The zero-order valence-electron chi connectivity index (χ0n) is 25.7. The van der Waals surface area contributed by atoms with Crippen molar-refractivity contribution in [3.63, 3.8) is 0 Å². The number of ether oxygens (including phenoxy) is 2. The maximum Gasteiger partial charge on any atom is 0.229 e. The number of likely N-dealkylation sites (tertiary alicyclic amines) is 1. The lowest BCUT2D eigenvalue weighted by molar-refractivity contribution is -0.000666. The molecule has 0 saturated carbocycles. The first-order chi connectivity index (χ1) is 21.1. The van der Waals surface area contributed by atoms with Gasteiger partial charge in [0, 0.05) is 69.4 Å². The molecule has 0 unspecified atom stereocenters. The van der Waals surface area contributed by atoms with Crippen LogP contribution in [0.3, 0.4) is 0 Å². The molecular formula is C30H39BrN9O3P. The summed E-state index contributed by atoms with van der Waals surface area (Å²) in [5.74, 6) is 2.31. The van der Waals surface area contributed by atoms with E-state index in [-0.39, 0.29) is 0 Å². The van der Waals surface area contributed by atoms with E-state index in [0.29, 0.717) is 44.8 Å². The van der Waals surface area contributed by atoms with Crippen LogP contribution in [0.5, 0.6) is 5.75 Å². The second-order valence-electron chi connectivity index (χ2n) is 11.9. The van der Waals surface area contributed by atoms with Gasteiger partial charge in [0.2, 0.25) is 5.95 Å². The molecule has 0 aliphatic carbocycles. The predicted octanol–water partition coefficient (Wildman–Crippen LogP) is 4.88. The summed E-state index contributed by atoms with van der Waals surface area (Å²) in [4.78, 5) is 18.6. The fourth-order valence-electron chi connectivity index (χ4n) is 6.27. The average Bonchev–Trinajstić information content (AvgIpc) is 3.45. The van der Waals surface area contributed by atoms with Crippen LogP contribution in [0, 0.1) is 12.8 Å². The quantitative estimate of drug-likeness (QED) is 0.222. The molecule has 0 atom stereocenters. The van der Waals surface area contributed by atoms with E-state index in [1.807, 2.05) is 6.07 Å². The second-order valence-corrected chi connectivity index (χ2v) is 15.9. The maximum absolute atomic E-state index is 13.3. The number of fused-ring (bicyclic) bond motifs is 1. The SMILES string of the molecule is COCC1CN(C2CCN(c3cc(OC)c(Nc4ncc(Br)c(Nc5ccn6ncnc6c5P(C)(C)=O)n4)cc3C)CC2)C1. The molecule has 0 spiro atoms. The third-order valence-electron chi connectivity index (χ3n) is 8.43. The number of methoxy groups -OCH3 is 2. The van der Waals surface area contributed by atoms with E-state index in [4.69, 9.17) is 14.5 Å². The van der Waals surface area contributed by atoms with E-state index in [1.165, 1.54) is 12.0 Å². The van der Waals surface area contributed by atoms with Crippen molar-refractivity contribution in [3.05, 3.63) is 47.0 Å². The van der Waals surface area contributed by atoms with Crippen molar-refractivity contribution in [3.8, 4) is 5.75 Å². The molecule has 234 valence electrons. The lowest BCUT2D eigenvalue weighted by Gasteiger charge is -2.47. The molecule has 2 saturated heterocycles. The number of nitrogens with zero attached hydrogens (tertiary/aromatic N) is 7. The molecule has 5 heterocycles. The van der Waals surface area contributed by atoms with E-state index in [0.717, 1.165) is 62.6 Å². The lowest BCUT2D eigenvalue weighted by Crippen LogP contribution is -2.56. The van der Waals surface area contributed by atoms with E-state index in [1.54, 1.807) is 44.5 Å². The fourth-order valence-corrected chi connectivity index (χ4v) is 7.92. The van der Waals surface area contributed by atoms with Gasteiger partial charge in [0.1, 0.15) is 25.0 Å². The molecule has 44 heavy (non-hydrogen) atoms. The summed E-state index contributed by atoms with van der Waals surface area (Å²) in [5, 5.41) is 11.5. The Kier molecular flexibility index (Phi) is 8.83. The highest BCUT2D eigenvalue weighted by atomic mass is 79.9. The highest BCUT2D eigenvalue weighted by molar-refractivity contribution is 9.10. The van der Waals surface area contributed by atoms with Crippen LogP contribution in [0.2, 0.25) is 0 Å². The summed E-state index contributed by atoms with van der Waals surface area (Å²) in [6.45, 7) is 10.8. The zero-order chi connectivity index (χ0) is 31.0. The number of aryl methyl sites for hydroxylation is 1. The maximum atomic E-state index is 13.3. The van der Waals surface area contributed by atoms with E-state index < -0.39 is 7.14 Å². The molecule has 1 aromatic carbocycles. The normalized spacial score (nSPS) is 16.7. The van der Waals surface area contributed by atoms with Gasteiger partial charge in [-0.3, -0.25) is 4.90 Å². The first-order valence-electron chi connectivity index (χ1n) is 14.8. The first-order valence-corrected chi connectivity index (χ1v) is 18.1. The molecule has 2 aliphatic rings. The summed E-state index contributed by atoms with van der Waals surface area (Å²) in [6, 6.07) is 6.67. The van der Waals surface area contributed by atoms with E-state index in [2.05, 4.69) is 70.5 Å². The van der Waals surface area contributed by atoms with Crippen molar-refractivity contribution in [2.24, 2.45) is 5.92 Å². The molecule has 4 aromatic rings. The molecule has 14 heteroatoms. The summed E-state index contributed by atoms with van der Waals surface area (Å²) in [6.07, 6.45) is 7.22. The number of benzene rings is 1. The lowest BCUT2D eigenvalue weighted by atomic mass is 9.93. The summed E-state index contributed by atoms with van der Waals surface area (Å²) in [5.41, 5.74) is 4.31. The number of piperidine rings is 1. The Hall–Kier alpha value is -3.25. The van der Waals surface area contributed by atoms with Crippen LogP contribution in [0.1, 0.15) is 18.4 Å². The van der Waals surface area contributed by atoms with Gasteiger partial charge >= 0.3 is 0 Å². The molecule has 2 fully saturated rings. The van der Waals surface area contributed by atoms with Gasteiger partial charge in [-0.05, 0) is 66.7 Å². The smallest absolute Gasteiger partial charge is 0.229 e. The number of halogens is 1. The minimum atomic E-state index is -2.72. The third kappa shape index (κ3) is 6.28. The minimum absolute atomic E-state index is 0.393. The van der Waals surface area contributed by atoms with Crippen molar-refractivity contribution >= 4 is 62.9 Å². The minimum Gasteiger partial charge on any atom is -0.494 e. The standard InChI is InChI=1S/C30H39BrN9O3P/c1-19-12-24(26(43-3)13-25(19)38-9-6-21(7-10-38)39-15-20(16-39)17-42-2)36-30-32-14-22(31)28(37-30)35-23-8-11-40-29(33-18-34-40)27(23)44(4,5)41/h8,11-14,18,20-21H,6-7,9-10,15-17H2,1-5H3,(H2,32,35,36,37). The summed E-state index contributed by atoms with van der Waals surface area (Å²) >= 11 is 3.56. The average molecular weight is 685 g/mol. The number of anilines is 5. The Morgan fingerprint density at radius 1 is 1.09 bits per heavy atom. The van der Waals surface area contributed by atoms with Crippen LogP contribution in [0.4, 0.5) is 28.8 Å². The highest BCUT2D eigenvalue weighted by Crippen LogP contribution is 2.41. The topological polar surface area (TPSA) is 122 Å². The molecule has 0 bridgehead atoms. The largest absolute Gasteiger partial charge is 0.494 e. The van der Waals surface area contributed by atoms with Crippen LogP contribution < -0.4 is 25.6 Å². The molecule has 2 aliphatic heterocycles. The van der Waals surface area contributed by atoms with Crippen molar-refractivity contribution < 1.29 is 14.0 Å². The molecule has 12 nitrogen and oxygen atoms in total. The number of pyridine rings is 1. The monoisotopic (exact) mass is 683 g/mol. The number of nitrogens with one attached hydrogen (secondary N) is 2. The molecule has 0 radical (unpaired) electrons. The first kappa shape index (κ1) is 30.8. The fraction of sp³-hybridized carbons (Fsp3) is 0.467. The molecule has 3 aromatic heterocycles. The Balaban J connectivity index is 1.18. The van der Waals surface area contributed by atoms with Crippen molar-refractivity contribution in [1.29, 1.82) is 0 Å². The van der Waals surface area contributed by atoms with Gasteiger partial charge in [0.25, 0.3) is 0 Å². The van der Waals surface area contributed by atoms with Gasteiger partial charge < -0.3 is 29.6 Å². The van der Waals surface area contributed by atoms with Gasteiger partial charge in [0.15, 0.2) is 5.65 Å². The van der Waals surface area contributed by atoms with E-state index in [9.17, 15) is 4.57 Å². The number of hydrogen-bond donors (Lipinski definition) is 2. The van der Waals surface area contributed by atoms with Crippen molar-refractivity contribution in [1.82, 2.24) is 29.5 Å². The van der Waals surface area contributed by atoms with Crippen LogP contribution in [-0.2, 0) is 9.30 Å². The van der Waals surface area contributed by atoms with E-state index >= 15 is 0 Å². The zero-order valence-corrected chi connectivity index (χ0v) is 28.2. The highest BCUT2D eigenvalue weighted by Gasteiger charge is 2.34. The Labute approximate surface area is 266 Å².